The maximum atomic E-state index is 13.7. The third kappa shape index (κ3) is 3.28. The molecule has 4 heteroatoms. The Bertz CT molecular complexity index is 527. The number of thiophene rings is 1. The summed E-state index contributed by atoms with van der Waals surface area (Å²) < 4.78 is 13.7. The van der Waals surface area contributed by atoms with Crippen LogP contribution in [0.4, 0.5) is 10.1 Å². The van der Waals surface area contributed by atoms with Gasteiger partial charge in [0, 0.05) is 35.6 Å². The number of hydrogen-bond donors (Lipinski definition) is 0. The molecule has 2 rings (SSSR count). The van der Waals surface area contributed by atoms with Crippen molar-refractivity contribution in [3.05, 3.63) is 52.0 Å². The molecule has 0 bridgehead atoms. The van der Waals surface area contributed by atoms with Gasteiger partial charge in [0.25, 0.3) is 0 Å². The van der Waals surface area contributed by atoms with Crippen molar-refractivity contribution in [2.75, 3.05) is 11.9 Å². The average Bonchev–Trinajstić information content (AvgIpc) is 2.90. The molecule has 1 aromatic heterocycles. The highest BCUT2D eigenvalue weighted by atomic mass is 35.5. The number of nitrogens with zero attached hydrogens (tertiary/aromatic N) is 1. The van der Waals surface area contributed by atoms with Gasteiger partial charge in [0.15, 0.2) is 0 Å². The van der Waals surface area contributed by atoms with Gasteiger partial charge in [-0.15, -0.1) is 22.9 Å². The van der Waals surface area contributed by atoms with Gasteiger partial charge in [0.1, 0.15) is 5.82 Å². The number of alkyl halides is 1. The van der Waals surface area contributed by atoms with Crippen molar-refractivity contribution in [2.24, 2.45) is 0 Å². The standard InChI is InChI=1S/C15H17ClFNS/c1-11(9-12-5-4-8-19-12)18(2)15-7-3-6-14(17)13(15)10-16/h3-8,11H,9-10H2,1-2H3. The minimum atomic E-state index is -0.234. The van der Waals surface area contributed by atoms with E-state index in [0.717, 1.165) is 12.1 Å². The molecular weight excluding hydrogens is 281 g/mol. The number of hydrogen-bond acceptors (Lipinski definition) is 2. The van der Waals surface area contributed by atoms with E-state index in [9.17, 15) is 4.39 Å². The Morgan fingerprint density at radius 3 is 2.74 bits per heavy atom. The lowest BCUT2D eigenvalue weighted by atomic mass is 10.1. The van der Waals surface area contributed by atoms with Crippen LogP contribution in [0.25, 0.3) is 0 Å². The van der Waals surface area contributed by atoms with E-state index in [1.54, 1.807) is 17.4 Å². The van der Waals surface area contributed by atoms with Gasteiger partial charge in [-0.25, -0.2) is 4.39 Å². The van der Waals surface area contributed by atoms with E-state index >= 15 is 0 Å². The van der Waals surface area contributed by atoms with Gasteiger partial charge >= 0.3 is 0 Å². The number of likely N-dealkylation sites (N-methyl/N-ethyl adjacent to an activating group) is 1. The molecule has 1 aromatic carbocycles. The molecule has 102 valence electrons. The number of rotatable bonds is 5. The first-order chi connectivity index (χ1) is 9.13. The van der Waals surface area contributed by atoms with Gasteiger partial charge in [0.2, 0.25) is 0 Å². The Hall–Kier alpha value is -1.06. The molecular formula is C15H17ClFNS. The second-order valence-corrected chi connectivity index (χ2v) is 5.91. The molecule has 19 heavy (non-hydrogen) atoms. The first-order valence-corrected chi connectivity index (χ1v) is 7.63. The summed E-state index contributed by atoms with van der Waals surface area (Å²) >= 11 is 7.61. The fourth-order valence-corrected chi connectivity index (χ4v) is 3.20. The highest BCUT2D eigenvalue weighted by Crippen LogP contribution is 2.26. The maximum Gasteiger partial charge on any atom is 0.129 e. The molecule has 0 saturated heterocycles. The lowest BCUT2D eigenvalue weighted by Crippen LogP contribution is -2.31. The topological polar surface area (TPSA) is 3.24 Å². The molecule has 1 unspecified atom stereocenters. The van der Waals surface area contributed by atoms with E-state index in [1.807, 2.05) is 13.1 Å². The van der Waals surface area contributed by atoms with Crippen LogP contribution < -0.4 is 4.90 Å². The van der Waals surface area contributed by atoms with Crippen molar-refractivity contribution in [1.82, 2.24) is 0 Å². The van der Waals surface area contributed by atoms with E-state index in [2.05, 4.69) is 29.3 Å². The van der Waals surface area contributed by atoms with Crippen molar-refractivity contribution in [1.29, 1.82) is 0 Å². The predicted octanol–water partition coefficient (Wildman–Crippen LogP) is 4.69. The summed E-state index contributed by atoms with van der Waals surface area (Å²) in [6, 6.07) is 9.59. The van der Waals surface area contributed by atoms with Gasteiger partial charge in [-0.2, -0.15) is 0 Å². The summed E-state index contributed by atoms with van der Waals surface area (Å²) in [5.74, 6) is -0.0411. The molecule has 0 fully saturated rings. The molecule has 0 radical (unpaired) electrons. The molecule has 0 spiro atoms. The van der Waals surface area contributed by atoms with Crippen LogP contribution in [-0.4, -0.2) is 13.1 Å². The van der Waals surface area contributed by atoms with E-state index < -0.39 is 0 Å². The quantitative estimate of drug-likeness (QED) is 0.724. The average molecular weight is 298 g/mol. The van der Waals surface area contributed by atoms with Crippen LogP contribution in [0.1, 0.15) is 17.4 Å². The Morgan fingerprint density at radius 2 is 2.11 bits per heavy atom. The molecule has 1 heterocycles. The van der Waals surface area contributed by atoms with Crippen molar-refractivity contribution < 1.29 is 4.39 Å². The molecule has 0 saturated carbocycles. The van der Waals surface area contributed by atoms with E-state index in [1.165, 1.54) is 10.9 Å². The van der Waals surface area contributed by atoms with Crippen LogP contribution in [0.3, 0.4) is 0 Å². The fraction of sp³-hybridized carbons (Fsp3) is 0.333. The minimum absolute atomic E-state index is 0.193. The van der Waals surface area contributed by atoms with E-state index in [4.69, 9.17) is 11.6 Å². The van der Waals surface area contributed by atoms with Crippen LogP contribution >= 0.6 is 22.9 Å². The summed E-state index contributed by atoms with van der Waals surface area (Å²) in [5, 5.41) is 2.08. The van der Waals surface area contributed by atoms with Gasteiger partial charge in [-0.05, 0) is 30.5 Å². The minimum Gasteiger partial charge on any atom is -0.371 e. The van der Waals surface area contributed by atoms with Crippen molar-refractivity contribution >= 4 is 28.6 Å². The number of benzene rings is 1. The molecule has 1 atom stereocenters. The van der Waals surface area contributed by atoms with Crippen LogP contribution in [0.2, 0.25) is 0 Å². The molecule has 0 N–H and O–H groups in total. The molecule has 2 aromatic rings. The highest BCUT2D eigenvalue weighted by Gasteiger charge is 2.16. The van der Waals surface area contributed by atoms with Gasteiger partial charge in [0.05, 0.1) is 5.88 Å². The summed E-state index contributed by atoms with van der Waals surface area (Å²) in [5.41, 5.74) is 1.45. The predicted molar refractivity (Wildman–Crippen MR) is 81.8 cm³/mol. The Kier molecular flexibility index (Phi) is 4.83. The smallest absolute Gasteiger partial charge is 0.129 e. The Balaban J connectivity index is 2.19. The second-order valence-electron chi connectivity index (χ2n) is 4.61. The summed E-state index contributed by atoms with van der Waals surface area (Å²) in [6.07, 6.45) is 0.951. The number of anilines is 1. The van der Waals surface area contributed by atoms with Crippen molar-refractivity contribution in [2.45, 2.75) is 25.3 Å². The SMILES string of the molecule is CC(Cc1cccs1)N(C)c1cccc(F)c1CCl. The van der Waals surface area contributed by atoms with Gasteiger partial charge < -0.3 is 4.90 Å². The summed E-state index contributed by atoms with van der Waals surface area (Å²) in [7, 11) is 1.99. The number of halogens is 2. The lowest BCUT2D eigenvalue weighted by Gasteiger charge is -2.28. The van der Waals surface area contributed by atoms with E-state index in [0.29, 0.717) is 11.6 Å². The van der Waals surface area contributed by atoms with Crippen LogP contribution in [0.5, 0.6) is 0 Å². The van der Waals surface area contributed by atoms with Crippen LogP contribution in [0.15, 0.2) is 35.7 Å². The summed E-state index contributed by atoms with van der Waals surface area (Å²) in [4.78, 5) is 3.43. The summed E-state index contributed by atoms with van der Waals surface area (Å²) in [6.45, 7) is 2.14. The zero-order valence-electron chi connectivity index (χ0n) is 11.1. The van der Waals surface area contributed by atoms with Gasteiger partial charge in [-0.1, -0.05) is 12.1 Å². The third-order valence-corrected chi connectivity index (χ3v) is 4.51. The van der Waals surface area contributed by atoms with Crippen molar-refractivity contribution in [3.8, 4) is 0 Å². The first-order valence-electron chi connectivity index (χ1n) is 6.22. The zero-order chi connectivity index (χ0) is 13.8. The monoisotopic (exact) mass is 297 g/mol. The van der Waals surface area contributed by atoms with E-state index in [-0.39, 0.29) is 11.7 Å². The first kappa shape index (κ1) is 14.4. The molecule has 0 amide bonds. The van der Waals surface area contributed by atoms with Gasteiger partial charge in [-0.3, -0.25) is 0 Å². The third-order valence-electron chi connectivity index (χ3n) is 3.35. The van der Waals surface area contributed by atoms with Crippen molar-refractivity contribution in [3.63, 3.8) is 0 Å². The lowest BCUT2D eigenvalue weighted by molar-refractivity contribution is 0.612. The largest absolute Gasteiger partial charge is 0.371 e. The normalized spacial score (nSPS) is 12.4. The molecule has 0 aliphatic rings. The fourth-order valence-electron chi connectivity index (χ4n) is 2.10. The maximum absolute atomic E-state index is 13.7. The molecule has 0 aliphatic carbocycles. The zero-order valence-corrected chi connectivity index (χ0v) is 12.6. The Labute approximate surface area is 122 Å². The highest BCUT2D eigenvalue weighted by molar-refractivity contribution is 7.09. The Morgan fingerprint density at radius 1 is 1.32 bits per heavy atom. The van der Waals surface area contributed by atoms with Crippen LogP contribution in [0, 0.1) is 5.82 Å². The van der Waals surface area contributed by atoms with Crippen LogP contribution in [-0.2, 0) is 12.3 Å². The molecule has 0 aliphatic heterocycles. The molecule has 1 nitrogen and oxygen atoms in total. The second kappa shape index (κ2) is 6.40.